The normalized spacial score (nSPS) is 10.5. The van der Waals surface area contributed by atoms with Gasteiger partial charge in [-0.05, 0) is 30.7 Å². The summed E-state index contributed by atoms with van der Waals surface area (Å²) >= 11 is 1.54. The zero-order chi connectivity index (χ0) is 14.8. The number of rotatable bonds is 3. The first-order chi connectivity index (χ1) is 10.1. The smallest absolute Gasteiger partial charge is 0.335 e. The zero-order valence-corrected chi connectivity index (χ0v) is 12.1. The van der Waals surface area contributed by atoms with Crippen molar-refractivity contribution in [2.75, 3.05) is 0 Å². The van der Waals surface area contributed by atoms with E-state index in [1.54, 1.807) is 24.4 Å². The SMILES string of the molecule is Cc1cnccc1-c1nc(-c2cccc(C(=O)O)c2)cs1. The molecule has 0 saturated heterocycles. The van der Waals surface area contributed by atoms with Crippen LogP contribution in [-0.2, 0) is 0 Å². The fraction of sp³-hybridized carbons (Fsp3) is 0.0625. The number of benzene rings is 1. The number of aromatic nitrogens is 2. The molecule has 21 heavy (non-hydrogen) atoms. The van der Waals surface area contributed by atoms with E-state index >= 15 is 0 Å². The van der Waals surface area contributed by atoms with Gasteiger partial charge in [0.2, 0.25) is 0 Å². The third-order valence-corrected chi connectivity index (χ3v) is 4.04. The quantitative estimate of drug-likeness (QED) is 0.796. The molecular weight excluding hydrogens is 284 g/mol. The van der Waals surface area contributed by atoms with Gasteiger partial charge in [0.15, 0.2) is 0 Å². The Morgan fingerprint density at radius 1 is 1.29 bits per heavy atom. The van der Waals surface area contributed by atoms with Crippen molar-refractivity contribution in [3.8, 4) is 21.8 Å². The number of carboxylic acids is 1. The van der Waals surface area contributed by atoms with Gasteiger partial charge in [0, 0.05) is 28.9 Å². The zero-order valence-electron chi connectivity index (χ0n) is 11.3. The summed E-state index contributed by atoms with van der Waals surface area (Å²) in [6.45, 7) is 1.99. The van der Waals surface area contributed by atoms with E-state index in [9.17, 15) is 4.79 Å². The van der Waals surface area contributed by atoms with Gasteiger partial charge in [0.1, 0.15) is 5.01 Å². The summed E-state index contributed by atoms with van der Waals surface area (Å²) in [4.78, 5) is 19.7. The maximum atomic E-state index is 11.0. The van der Waals surface area contributed by atoms with Crippen LogP contribution in [0.2, 0.25) is 0 Å². The van der Waals surface area contributed by atoms with Crippen LogP contribution in [0.5, 0.6) is 0 Å². The minimum atomic E-state index is -0.933. The number of carboxylic acid groups (broad SMARTS) is 1. The van der Waals surface area contributed by atoms with Crippen LogP contribution >= 0.6 is 11.3 Å². The Morgan fingerprint density at radius 2 is 2.14 bits per heavy atom. The van der Waals surface area contributed by atoms with Crippen molar-refractivity contribution < 1.29 is 9.90 Å². The number of thiazole rings is 1. The Hall–Kier alpha value is -2.53. The van der Waals surface area contributed by atoms with E-state index in [1.807, 2.05) is 30.6 Å². The van der Waals surface area contributed by atoms with Crippen LogP contribution in [0, 0.1) is 6.92 Å². The molecule has 2 aromatic heterocycles. The maximum Gasteiger partial charge on any atom is 0.335 e. The molecule has 0 aliphatic heterocycles. The number of hydrogen-bond acceptors (Lipinski definition) is 4. The fourth-order valence-electron chi connectivity index (χ4n) is 2.05. The Labute approximate surface area is 125 Å². The summed E-state index contributed by atoms with van der Waals surface area (Å²) in [6, 6.07) is 8.75. The van der Waals surface area contributed by atoms with Gasteiger partial charge in [-0.25, -0.2) is 9.78 Å². The molecule has 0 atom stereocenters. The predicted octanol–water partition coefficient (Wildman–Crippen LogP) is 3.88. The van der Waals surface area contributed by atoms with Gasteiger partial charge in [0.25, 0.3) is 0 Å². The van der Waals surface area contributed by atoms with E-state index in [2.05, 4.69) is 9.97 Å². The second-order valence-corrected chi connectivity index (χ2v) is 5.47. The van der Waals surface area contributed by atoms with E-state index in [-0.39, 0.29) is 5.56 Å². The summed E-state index contributed by atoms with van der Waals surface area (Å²) in [6.07, 6.45) is 3.55. The first-order valence-electron chi connectivity index (χ1n) is 6.35. The van der Waals surface area contributed by atoms with Gasteiger partial charge in [-0.1, -0.05) is 12.1 Å². The standard InChI is InChI=1S/C16H12N2O2S/c1-10-8-17-6-5-13(10)15-18-14(9-21-15)11-3-2-4-12(7-11)16(19)20/h2-9H,1H3,(H,19,20). The number of hydrogen-bond donors (Lipinski definition) is 1. The third kappa shape index (κ3) is 2.68. The fourth-order valence-corrected chi connectivity index (χ4v) is 2.97. The van der Waals surface area contributed by atoms with Crippen LogP contribution in [-0.4, -0.2) is 21.0 Å². The van der Waals surface area contributed by atoms with Crippen molar-refractivity contribution in [2.45, 2.75) is 6.92 Å². The summed E-state index contributed by atoms with van der Waals surface area (Å²) in [7, 11) is 0. The first-order valence-corrected chi connectivity index (χ1v) is 7.23. The Balaban J connectivity index is 2.01. The highest BCUT2D eigenvalue weighted by Crippen LogP contribution is 2.30. The van der Waals surface area contributed by atoms with E-state index in [0.717, 1.165) is 27.4 Å². The minimum Gasteiger partial charge on any atom is -0.478 e. The lowest BCUT2D eigenvalue weighted by molar-refractivity contribution is 0.0697. The van der Waals surface area contributed by atoms with Gasteiger partial charge in [-0.3, -0.25) is 4.98 Å². The largest absolute Gasteiger partial charge is 0.478 e. The molecule has 1 N–H and O–H groups in total. The third-order valence-electron chi connectivity index (χ3n) is 3.16. The van der Waals surface area contributed by atoms with Gasteiger partial charge in [-0.2, -0.15) is 0 Å². The maximum absolute atomic E-state index is 11.0. The lowest BCUT2D eigenvalue weighted by Gasteiger charge is -2.01. The number of nitrogens with zero attached hydrogens (tertiary/aromatic N) is 2. The van der Waals surface area contributed by atoms with Crippen molar-refractivity contribution in [1.29, 1.82) is 0 Å². The molecule has 0 spiro atoms. The highest BCUT2D eigenvalue weighted by Gasteiger charge is 2.10. The van der Waals surface area contributed by atoms with E-state index in [1.165, 1.54) is 11.3 Å². The summed E-state index contributed by atoms with van der Waals surface area (Å²) in [5.41, 5.74) is 3.98. The molecule has 4 nitrogen and oxygen atoms in total. The summed E-state index contributed by atoms with van der Waals surface area (Å²) in [5.74, 6) is -0.933. The molecule has 104 valence electrons. The van der Waals surface area contributed by atoms with Crippen molar-refractivity contribution in [1.82, 2.24) is 9.97 Å². The lowest BCUT2D eigenvalue weighted by atomic mass is 10.1. The van der Waals surface area contributed by atoms with Crippen LogP contribution in [0.3, 0.4) is 0 Å². The van der Waals surface area contributed by atoms with Crippen molar-refractivity contribution >= 4 is 17.3 Å². The lowest BCUT2D eigenvalue weighted by Crippen LogP contribution is -1.95. The monoisotopic (exact) mass is 296 g/mol. The van der Waals surface area contributed by atoms with Crippen LogP contribution in [0.25, 0.3) is 21.8 Å². The molecule has 0 saturated carbocycles. The average molecular weight is 296 g/mol. The Bertz CT molecular complexity index is 811. The van der Waals surface area contributed by atoms with Crippen LogP contribution in [0.1, 0.15) is 15.9 Å². The van der Waals surface area contributed by atoms with E-state index in [4.69, 9.17) is 5.11 Å². The number of aromatic carboxylic acids is 1. The van der Waals surface area contributed by atoms with Gasteiger partial charge < -0.3 is 5.11 Å². The topological polar surface area (TPSA) is 63.1 Å². The van der Waals surface area contributed by atoms with Crippen LogP contribution < -0.4 is 0 Å². The van der Waals surface area contributed by atoms with E-state index in [0.29, 0.717) is 0 Å². The molecule has 3 rings (SSSR count). The molecule has 0 aliphatic carbocycles. The predicted molar refractivity (Wildman–Crippen MR) is 82.5 cm³/mol. The Kier molecular flexibility index (Phi) is 3.50. The molecule has 0 bridgehead atoms. The summed E-state index contributed by atoms with van der Waals surface area (Å²) < 4.78 is 0. The van der Waals surface area contributed by atoms with Crippen molar-refractivity contribution in [3.63, 3.8) is 0 Å². The second kappa shape index (κ2) is 5.46. The number of pyridine rings is 1. The van der Waals surface area contributed by atoms with Crippen LogP contribution in [0.15, 0.2) is 48.1 Å². The number of carbonyl (C=O) groups is 1. The molecule has 0 unspecified atom stereocenters. The molecular formula is C16H12N2O2S. The molecule has 5 heteroatoms. The van der Waals surface area contributed by atoms with Gasteiger partial charge in [0.05, 0.1) is 11.3 Å². The van der Waals surface area contributed by atoms with Gasteiger partial charge in [-0.15, -0.1) is 11.3 Å². The average Bonchev–Trinajstić information content (AvgIpc) is 2.97. The molecule has 0 aliphatic rings. The van der Waals surface area contributed by atoms with E-state index < -0.39 is 5.97 Å². The van der Waals surface area contributed by atoms with Crippen molar-refractivity contribution in [3.05, 3.63) is 59.2 Å². The molecule has 3 aromatic rings. The molecule has 0 amide bonds. The molecule has 0 fully saturated rings. The number of aryl methyl sites for hydroxylation is 1. The molecule has 2 heterocycles. The highest BCUT2D eigenvalue weighted by molar-refractivity contribution is 7.13. The summed E-state index contributed by atoms with van der Waals surface area (Å²) in [5, 5.41) is 11.9. The molecule has 0 radical (unpaired) electrons. The van der Waals surface area contributed by atoms with Crippen LogP contribution in [0.4, 0.5) is 0 Å². The molecule has 1 aromatic carbocycles. The Morgan fingerprint density at radius 3 is 2.90 bits per heavy atom. The highest BCUT2D eigenvalue weighted by atomic mass is 32.1. The first kappa shape index (κ1) is 13.5. The van der Waals surface area contributed by atoms with Crippen molar-refractivity contribution in [2.24, 2.45) is 0 Å². The second-order valence-electron chi connectivity index (χ2n) is 4.61. The van der Waals surface area contributed by atoms with Gasteiger partial charge >= 0.3 is 5.97 Å². The minimum absolute atomic E-state index is 0.266.